The van der Waals surface area contributed by atoms with Crippen molar-refractivity contribution in [2.24, 2.45) is 0 Å². The number of nitrogens with zero attached hydrogens (tertiary/aromatic N) is 2. The molecule has 0 amide bonds. The molecule has 18 heavy (non-hydrogen) atoms. The molecule has 7 heteroatoms. The van der Waals surface area contributed by atoms with E-state index in [1.54, 1.807) is 11.9 Å². The third-order valence-electron chi connectivity index (χ3n) is 3.18. The van der Waals surface area contributed by atoms with E-state index in [0.717, 1.165) is 31.6 Å². The number of halogens is 2. The molecule has 2 rings (SSSR count). The molecule has 1 aliphatic rings. The monoisotopic (exact) mass is 273 g/mol. The van der Waals surface area contributed by atoms with Gasteiger partial charge in [0.05, 0.1) is 9.95 Å². The molecule has 1 atom stereocenters. The average Bonchev–Trinajstić information content (AvgIpc) is 2.84. The van der Waals surface area contributed by atoms with Gasteiger partial charge in [-0.1, -0.05) is 11.6 Å². The molecule has 0 radical (unpaired) electrons. The Morgan fingerprint density at radius 3 is 2.89 bits per heavy atom. The van der Waals surface area contributed by atoms with E-state index in [-0.39, 0.29) is 22.4 Å². The molecule has 0 bridgehead atoms. The Hall–Kier alpha value is -1.40. The van der Waals surface area contributed by atoms with Crippen LogP contribution < -0.4 is 10.2 Å². The minimum absolute atomic E-state index is 0.129. The number of nitrogens with one attached hydrogen (secondary N) is 1. The molecule has 1 heterocycles. The van der Waals surface area contributed by atoms with Crippen molar-refractivity contribution < 1.29 is 9.31 Å². The first-order valence-electron chi connectivity index (χ1n) is 5.57. The normalized spacial score (nSPS) is 18.9. The second kappa shape index (κ2) is 5.07. The molecule has 0 saturated carbocycles. The summed E-state index contributed by atoms with van der Waals surface area (Å²) in [5.74, 6) is -0.643. The van der Waals surface area contributed by atoms with Gasteiger partial charge in [0.2, 0.25) is 0 Å². The molecule has 1 aromatic carbocycles. The maximum atomic E-state index is 13.5. The van der Waals surface area contributed by atoms with E-state index in [1.807, 2.05) is 0 Å². The van der Waals surface area contributed by atoms with E-state index in [1.165, 1.54) is 0 Å². The number of benzene rings is 1. The van der Waals surface area contributed by atoms with E-state index in [4.69, 9.17) is 11.6 Å². The second-order valence-corrected chi connectivity index (χ2v) is 4.68. The lowest BCUT2D eigenvalue weighted by Gasteiger charge is -2.25. The number of hydrogen-bond acceptors (Lipinski definition) is 4. The predicted octanol–water partition coefficient (Wildman–Crippen LogP) is 2.19. The van der Waals surface area contributed by atoms with Crippen LogP contribution in [0.3, 0.4) is 0 Å². The summed E-state index contributed by atoms with van der Waals surface area (Å²) in [7, 11) is 1.73. The van der Waals surface area contributed by atoms with Crippen LogP contribution in [0.25, 0.3) is 0 Å². The minimum Gasteiger partial charge on any atom is -0.365 e. The Bertz CT molecular complexity index is 478. The van der Waals surface area contributed by atoms with Crippen molar-refractivity contribution >= 4 is 23.0 Å². The van der Waals surface area contributed by atoms with Crippen LogP contribution in [-0.4, -0.2) is 31.1 Å². The van der Waals surface area contributed by atoms with Crippen molar-refractivity contribution in [3.8, 4) is 0 Å². The standard InChI is InChI=1S/C11H13ClFN3O2/c1-15(7-2-3-14-6-7)10-5-9(13)8(12)4-11(10)16(17)18/h4-5,7,14H,2-3,6H2,1H3. The Kier molecular flexibility index (Phi) is 3.68. The Morgan fingerprint density at radius 1 is 1.61 bits per heavy atom. The molecule has 98 valence electrons. The van der Waals surface area contributed by atoms with Gasteiger partial charge in [0.25, 0.3) is 5.69 Å². The molecule has 0 spiro atoms. The van der Waals surface area contributed by atoms with E-state index in [2.05, 4.69) is 5.32 Å². The SMILES string of the molecule is CN(c1cc(F)c(Cl)cc1[N+](=O)[O-])C1CCNC1. The zero-order valence-electron chi connectivity index (χ0n) is 9.82. The van der Waals surface area contributed by atoms with Crippen molar-refractivity contribution in [3.63, 3.8) is 0 Å². The van der Waals surface area contributed by atoms with Crippen molar-refractivity contribution in [1.82, 2.24) is 5.32 Å². The quantitative estimate of drug-likeness (QED) is 0.677. The van der Waals surface area contributed by atoms with Gasteiger partial charge < -0.3 is 10.2 Å². The molecule has 0 aliphatic carbocycles. The number of likely N-dealkylation sites (N-methyl/N-ethyl adjacent to an activating group) is 1. The zero-order chi connectivity index (χ0) is 13.3. The summed E-state index contributed by atoms with van der Waals surface area (Å²) >= 11 is 5.58. The minimum atomic E-state index is -0.643. The van der Waals surface area contributed by atoms with Crippen molar-refractivity contribution in [1.29, 1.82) is 0 Å². The molecular formula is C11H13ClFN3O2. The first-order chi connectivity index (χ1) is 8.50. The van der Waals surface area contributed by atoms with Crippen LogP contribution in [0.4, 0.5) is 15.8 Å². The first-order valence-corrected chi connectivity index (χ1v) is 5.95. The fourth-order valence-electron chi connectivity index (χ4n) is 2.12. The van der Waals surface area contributed by atoms with Crippen LogP contribution in [0.2, 0.25) is 5.02 Å². The van der Waals surface area contributed by atoms with Crippen LogP contribution in [0.1, 0.15) is 6.42 Å². The van der Waals surface area contributed by atoms with Crippen molar-refractivity contribution in [2.75, 3.05) is 25.0 Å². The van der Waals surface area contributed by atoms with E-state index in [0.29, 0.717) is 0 Å². The van der Waals surface area contributed by atoms with Gasteiger partial charge in [-0.05, 0) is 13.0 Å². The van der Waals surface area contributed by atoms with Gasteiger partial charge in [-0.3, -0.25) is 10.1 Å². The fraction of sp³-hybridized carbons (Fsp3) is 0.455. The van der Waals surface area contributed by atoms with Crippen LogP contribution >= 0.6 is 11.6 Å². The maximum Gasteiger partial charge on any atom is 0.294 e. The molecule has 1 aromatic rings. The van der Waals surface area contributed by atoms with Gasteiger partial charge in [-0.25, -0.2) is 4.39 Å². The molecular weight excluding hydrogens is 261 g/mol. The number of hydrogen-bond donors (Lipinski definition) is 1. The predicted molar refractivity (Wildman–Crippen MR) is 67.7 cm³/mol. The smallest absolute Gasteiger partial charge is 0.294 e. The summed E-state index contributed by atoms with van der Waals surface area (Å²) < 4.78 is 13.5. The Balaban J connectivity index is 2.41. The van der Waals surface area contributed by atoms with Gasteiger partial charge in [-0.15, -0.1) is 0 Å². The second-order valence-electron chi connectivity index (χ2n) is 4.27. The van der Waals surface area contributed by atoms with Gasteiger partial charge in [0.15, 0.2) is 0 Å². The average molecular weight is 274 g/mol. The van der Waals surface area contributed by atoms with Crippen LogP contribution in [0.15, 0.2) is 12.1 Å². The highest BCUT2D eigenvalue weighted by atomic mass is 35.5. The van der Waals surface area contributed by atoms with E-state index >= 15 is 0 Å². The molecule has 1 saturated heterocycles. The number of nitro groups is 1. The molecule has 1 N–H and O–H groups in total. The highest BCUT2D eigenvalue weighted by molar-refractivity contribution is 6.31. The molecule has 1 unspecified atom stereocenters. The highest BCUT2D eigenvalue weighted by Crippen LogP contribution is 2.34. The van der Waals surface area contributed by atoms with E-state index in [9.17, 15) is 14.5 Å². The highest BCUT2D eigenvalue weighted by Gasteiger charge is 2.26. The van der Waals surface area contributed by atoms with Gasteiger partial charge >= 0.3 is 0 Å². The largest absolute Gasteiger partial charge is 0.365 e. The maximum absolute atomic E-state index is 13.5. The summed E-state index contributed by atoms with van der Waals surface area (Å²) in [6.45, 7) is 1.59. The fourth-order valence-corrected chi connectivity index (χ4v) is 2.28. The van der Waals surface area contributed by atoms with Gasteiger partial charge in [0.1, 0.15) is 11.5 Å². The molecule has 1 fully saturated rings. The lowest BCUT2D eigenvalue weighted by atomic mass is 10.1. The number of rotatable bonds is 3. The number of nitro benzene ring substituents is 1. The van der Waals surface area contributed by atoms with Crippen LogP contribution in [0.5, 0.6) is 0 Å². The lowest BCUT2D eigenvalue weighted by molar-refractivity contribution is -0.384. The summed E-state index contributed by atoms with van der Waals surface area (Å²) in [6.07, 6.45) is 0.873. The summed E-state index contributed by atoms with van der Waals surface area (Å²) in [5, 5.41) is 13.9. The third kappa shape index (κ3) is 2.39. The summed E-state index contributed by atoms with van der Waals surface area (Å²) in [5.41, 5.74) is 0.0893. The van der Waals surface area contributed by atoms with Crippen molar-refractivity contribution in [2.45, 2.75) is 12.5 Å². The van der Waals surface area contributed by atoms with Gasteiger partial charge in [-0.2, -0.15) is 0 Å². The number of anilines is 1. The van der Waals surface area contributed by atoms with Crippen molar-refractivity contribution in [3.05, 3.63) is 33.1 Å². The Morgan fingerprint density at radius 2 is 2.33 bits per heavy atom. The summed E-state index contributed by atoms with van der Waals surface area (Å²) in [4.78, 5) is 12.2. The zero-order valence-corrected chi connectivity index (χ0v) is 10.6. The van der Waals surface area contributed by atoms with Crippen LogP contribution in [0, 0.1) is 15.9 Å². The lowest BCUT2D eigenvalue weighted by Crippen LogP contribution is -2.33. The molecule has 1 aliphatic heterocycles. The molecule has 5 nitrogen and oxygen atoms in total. The first kappa shape index (κ1) is 13.0. The third-order valence-corrected chi connectivity index (χ3v) is 3.47. The Labute approximate surface area is 109 Å². The molecule has 0 aromatic heterocycles. The van der Waals surface area contributed by atoms with Crippen LogP contribution in [-0.2, 0) is 0 Å². The topological polar surface area (TPSA) is 58.4 Å². The van der Waals surface area contributed by atoms with E-state index < -0.39 is 10.7 Å². The summed E-state index contributed by atoms with van der Waals surface area (Å²) in [6, 6.07) is 2.31. The van der Waals surface area contributed by atoms with Gasteiger partial charge in [0, 0.05) is 31.8 Å².